The Bertz CT molecular complexity index is 1090. The lowest BCUT2D eigenvalue weighted by Gasteiger charge is -2.35. The van der Waals surface area contributed by atoms with Gasteiger partial charge in [0.25, 0.3) is 11.8 Å². The van der Waals surface area contributed by atoms with Gasteiger partial charge < -0.3 is 15.4 Å². The van der Waals surface area contributed by atoms with Crippen LogP contribution >= 0.6 is 0 Å². The Labute approximate surface area is 181 Å². The fraction of sp³-hybridized carbons (Fsp3) is 0.200. The highest BCUT2D eigenvalue weighted by molar-refractivity contribution is 6.28. The van der Waals surface area contributed by atoms with Crippen LogP contribution < -0.4 is 30.9 Å². The Hall–Kier alpha value is -4.48. The van der Waals surface area contributed by atoms with Crippen molar-refractivity contribution in [3.63, 3.8) is 0 Å². The van der Waals surface area contributed by atoms with Crippen LogP contribution in [0.15, 0.2) is 42.6 Å². The van der Waals surface area contributed by atoms with Crippen molar-refractivity contribution >= 4 is 35.5 Å². The van der Waals surface area contributed by atoms with Crippen molar-refractivity contribution in [1.29, 1.82) is 0 Å². The van der Waals surface area contributed by atoms with Crippen LogP contribution in [-0.2, 0) is 20.9 Å². The lowest BCUT2D eigenvalue weighted by atomic mass is 9.94. The number of hydrogen-bond acceptors (Lipinski definition) is 7. The molecule has 7 amide bonds. The molecule has 1 aromatic carbocycles. The number of nitrogens with zero attached hydrogens (tertiary/aromatic N) is 2. The molecule has 0 radical (unpaired) electrons. The van der Waals surface area contributed by atoms with E-state index in [0.717, 1.165) is 10.5 Å². The molecule has 2 fully saturated rings. The zero-order valence-electron chi connectivity index (χ0n) is 16.8. The molecule has 12 heteroatoms. The average molecular weight is 438 g/mol. The molecular weight excluding hydrogens is 420 g/mol. The highest BCUT2D eigenvalue weighted by Gasteiger charge is 2.60. The molecule has 1 aromatic heterocycles. The van der Waals surface area contributed by atoms with Crippen LogP contribution in [0.2, 0.25) is 0 Å². The summed E-state index contributed by atoms with van der Waals surface area (Å²) in [6.45, 7) is 1.53. The molecule has 0 saturated carbocycles. The van der Waals surface area contributed by atoms with E-state index in [9.17, 15) is 24.0 Å². The molecule has 4 N–H and O–H groups in total. The molecule has 164 valence electrons. The molecular formula is C20H18N6O6. The number of amides is 7. The number of anilines is 1. The Morgan fingerprint density at radius 1 is 1.09 bits per heavy atom. The third-order valence-electron chi connectivity index (χ3n) is 4.95. The first-order valence-electron chi connectivity index (χ1n) is 9.52. The SMILES string of the molecule is CC(=O)NCc1ccc(Oc2ccc(N3C(=O)NCC34C(=O)NC(=O)NC4=O)cn2)cc1. The summed E-state index contributed by atoms with van der Waals surface area (Å²) >= 11 is 0. The van der Waals surface area contributed by atoms with E-state index in [1.807, 2.05) is 10.6 Å². The summed E-state index contributed by atoms with van der Waals surface area (Å²) in [5, 5.41) is 9.17. The maximum absolute atomic E-state index is 12.5. The molecule has 32 heavy (non-hydrogen) atoms. The predicted molar refractivity (Wildman–Crippen MR) is 109 cm³/mol. The number of ether oxygens (including phenoxy) is 1. The van der Waals surface area contributed by atoms with Crippen molar-refractivity contribution in [3.8, 4) is 11.6 Å². The fourth-order valence-corrected chi connectivity index (χ4v) is 3.37. The largest absolute Gasteiger partial charge is 0.439 e. The van der Waals surface area contributed by atoms with Gasteiger partial charge in [-0.3, -0.25) is 29.9 Å². The van der Waals surface area contributed by atoms with Crippen molar-refractivity contribution in [1.82, 2.24) is 26.3 Å². The minimum Gasteiger partial charge on any atom is -0.439 e. The number of aromatic nitrogens is 1. The van der Waals surface area contributed by atoms with Crippen molar-refractivity contribution in [2.45, 2.75) is 19.0 Å². The van der Waals surface area contributed by atoms with Gasteiger partial charge in [0.1, 0.15) is 5.75 Å². The summed E-state index contributed by atoms with van der Waals surface area (Å²) in [4.78, 5) is 64.9. The van der Waals surface area contributed by atoms with Crippen molar-refractivity contribution < 1.29 is 28.7 Å². The smallest absolute Gasteiger partial charge is 0.328 e. The summed E-state index contributed by atoms with van der Waals surface area (Å²) < 4.78 is 5.68. The molecule has 0 unspecified atom stereocenters. The van der Waals surface area contributed by atoms with Crippen LogP contribution in [0.4, 0.5) is 15.3 Å². The van der Waals surface area contributed by atoms with Gasteiger partial charge in [-0.2, -0.15) is 0 Å². The van der Waals surface area contributed by atoms with E-state index in [2.05, 4.69) is 15.6 Å². The van der Waals surface area contributed by atoms with Gasteiger partial charge >= 0.3 is 12.1 Å². The average Bonchev–Trinajstić information content (AvgIpc) is 3.10. The zero-order valence-corrected chi connectivity index (χ0v) is 16.8. The van der Waals surface area contributed by atoms with Crippen LogP contribution in [0.25, 0.3) is 0 Å². The first kappa shape index (κ1) is 20.8. The molecule has 2 aliphatic rings. The second-order valence-electron chi connectivity index (χ2n) is 7.10. The normalized spacial score (nSPS) is 17.0. The van der Waals surface area contributed by atoms with Gasteiger partial charge in [-0.1, -0.05) is 12.1 Å². The monoisotopic (exact) mass is 438 g/mol. The van der Waals surface area contributed by atoms with E-state index in [4.69, 9.17) is 4.74 Å². The summed E-state index contributed by atoms with van der Waals surface area (Å²) in [7, 11) is 0. The second kappa shape index (κ2) is 7.98. The maximum atomic E-state index is 12.5. The van der Waals surface area contributed by atoms with Gasteiger partial charge in [0, 0.05) is 19.5 Å². The van der Waals surface area contributed by atoms with E-state index < -0.39 is 29.4 Å². The van der Waals surface area contributed by atoms with Gasteiger partial charge in [0.2, 0.25) is 17.3 Å². The third kappa shape index (κ3) is 3.69. The standard InChI is InChI=1S/C20H18N6O6/c1-11(27)21-8-12-2-5-14(6-3-12)32-15-7-4-13(9-22-15)26-19(31)23-10-20(26)16(28)24-18(30)25-17(20)29/h2-7,9H,8,10H2,1H3,(H,21,27)(H,23,31)(H2,24,25,28,29,30). The number of carbonyl (C=O) groups excluding carboxylic acids is 5. The Kier molecular flexibility index (Phi) is 5.18. The number of carbonyl (C=O) groups is 5. The molecule has 2 aromatic rings. The van der Waals surface area contributed by atoms with Gasteiger partial charge in [-0.25, -0.2) is 14.6 Å². The van der Waals surface area contributed by atoms with Crippen molar-refractivity contribution in [3.05, 3.63) is 48.2 Å². The number of imide groups is 2. The van der Waals surface area contributed by atoms with Crippen molar-refractivity contribution in [2.75, 3.05) is 11.4 Å². The minimum atomic E-state index is -1.95. The topological polar surface area (TPSA) is 159 Å². The van der Waals surface area contributed by atoms with E-state index in [0.29, 0.717) is 12.3 Å². The lowest BCUT2D eigenvalue weighted by Crippen LogP contribution is -2.73. The third-order valence-corrected chi connectivity index (χ3v) is 4.95. The molecule has 12 nitrogen and oxygen atoms in total. The number of barbiturate groups is 1. The molecule has 0 atom stereocenters. The number of rotatable bonds is 5. The van der Waals surface area contributed by atoms with E-state index in [1.165, 1.54) is 25.3 Å². The van der Waals surface area contributed by atoms with E-state index in [1.54, 1.807) is 24.3 Å². The Balaban J connectivity index is 1.51. The minimum absolute atomic E-state index is 0.127. The lowest BCUT2D eigenvalue weighted by molar-refractivity contribution is -0.136. The molecule has 4 rings (SSSR count). The van der Waals surface area contributed by atoms with Gasteiger partial charge in [-0.15, -0.1) is 0 Å². The molecule has 3 heterocycles. The van der Waals surface area contributed by atoms with Crippen LogP contribution in [0, 0.1) is 0 Å². The van der Waals surface area contributed by atoms with E-state index >= 15 is 0 Å². The summed E-state index contributed by atoms with van der Waals surface area (Å²) in [5.74, 6) is -1.24. The summed E-state index contributed by atoms with van der Waals surface area (Å²) in [5.41, 5.74) is -0.889. The Morgan fingerprint density at radius 2 is 1.78 bits per heavy atom. The number of pyridine rings is 1. The van der Waals surface area contributed by atoms with Gasteiger partial charge in [0.05, 0.1) is 18.4 Å². The van der Waals surface area contributed by atoms with Gasteiger partial charge in [0.15, 0.2) is 0 Å². The first-order valence-corrected chi connectivity index (χ1v) is 9.52. The zero-order chi connectivity index (χ0) is 22.9. The summed E-state index contributed by atoms with van der Waals surface area (Å²) in [6.07, 6.45) is 1.28. The van der Waals surface area contributed by atoms with Crippen molar-refractivity contribution in [2.24, 2.45) is 0 Å². The Morgan fingerprint density at radius 3 is 2.38 bits per heavy atom. The predicted octanol–water partition coefficient (Wildman–Crippen LogP) is 0.144. The number of benzene rings is 1. The summed E-state index contributed by atoms with van der Waals surface area (Å²) in [6, 6.07) is 8.32. The fourth-order valence-electron chi connectivity index (χ4n) is 3.37. The maximum Gasteiger partial charge on any atom is 0.328 e. The quantitative estimate of drug-likeness (QED) is 0.483. The number of urea groups is 2. The number of nitrogens with one attached hydrogen (secondary N) is 4. The van der Waals surface area contributed by atoms with Gasteiger partial charge in [-0.05, 0) is 23.8 Å². The molecule has 1 spiro atoms. The van der Waals surface area contributed by atoms with Crippen LogP contribution in [0.5, 0.6) is 11.6 Å². The second-order valence-corrected chi connectivity index (χ2v) is 7.10. The number of hydrogen-bond donors (Lipinski definition) is 4. The van der Waals surface area contributed by atoms with E-state index in [-0.39, 0.29) is 24.0 Å². The molecule has 0 aliphatic carbocycles. The highest BCUT2D eigenvalue weighted by Crippen LogP contribution is 2.31. The molecule has 2 aliphatic heterocycles. The first-order chi connectivity index (χ1) is 15.3. The highest BCUT2D eigenvalue weighted by atomic mass is 16.5. The molecule has 2 saturated heterocycles. The van der Waals surface area contributed by atoms with Crippen LogP contribution in [0.1, 0.15) is 12.5 Å². The van der Waals surface area contributed by atoms with Crippen LogP contribution in [-0.4, -0.2) is 46.9 Å². The molecule has 0 bridgehead atoms. The van der Waals surface area contributed by atoms with Crippen LogP contribution in [0.3, 0.4) is 0 Å².